The van der Waals surface area contributed by atoms with E-state index in [1.54, 1.807) is 24.3 Å². The fourth-order valence-corrected chi connectivity index (χ4v) is 3.90. The van der Waals surface area contributed by atoms with Gasteiger partial charge < -0.3 is 19.4 Å². The predicted molar refractivity (Wildman–Crippen MR) is 128 cm³/mol. The van der Waals surface area contributed by atoms with Crippen molar-refractivity contribution in [2.24, 2.45) is 0 Å². The molecule has 0 aliphatic heterocycles. The number of thioether (sulfide) groups is 1. The van der Waals surface area contributed by atoms with Gasteiger partial charge in [0.05, 0.1) is 17.9 Å². The predicted octanol–water partition coefficient (Wildman–Crippen LogP) is 4.74. The number of rotatable bonds is 11. The Kier molecular flexibility index (Phi) is 8.88. The first kappa shape index (κ1) is 24.3. The SMILES string of the molecule is CCCOC(=O)c1cccc(NC(=O)CSc2nnc([C@H](C)Oc3ccccc3)n2CC)c1. The van der Waals surface area contributed by atoms with Crippen LogP contribution in [0.3, 0.4) is 0 Å². The Bertz CT molecular complexity index is 1070. The van der Waals surface area contributed by atoms with Gasteiger partial charge in [-0.05, 0) is 50.6 Å². The number of hydrogen-bond donors (Lipinski definition) is 1. The molecular formula is C24H28N4O4S. The van der Waals surface area contributed by atoms with E-state index in [0.717, 1.165) is 12.2 Å². The highest BCUT2D eigenvalue weighted by Gasteiger charge is 2.19. The van der Waals surface area contributed by atoms with Crippen LogP contribution >= 0.6 is 11.8 Å². The molecule has 0 spiro atoms. The summed E-state index contributed by atoms with van der Waals surface area (Å²) in [4.78, 5) is 24.5. The van der Waals surface area contributed by atoms with Crippen molar-refractivity contribution in [3.05, 3.63) is 66.0 Å². The summed E-state index contributed by atoms with van der Waals surface area (Å²) < 4.78 is 13.0. The van der Waals surface area contributed by atoms with Crippen LogP contribution < -0.4 is 10.1 Å². The van der Waals surface area contributed by atoms with E-state index in [9.17, 15) is 9.59 Å². The number of para-hydroxylation sites is 1. The zero-order valence-corrected chi connectivity index (χ0v) is 19.8. The molecule has 3 aromatic rings. The molecule has 9 heteroatoms. The summed E-state index contributed by atoms with van der Waals surface area (Å²) in [6, 6.07) is 16.2. The van der Waals surface area contributed by atoms with E-state index in [2.05, 4.69) is 15.5 Å². The molecule has 0 radical (unpaired) electrons. The van der Waals surface area contributed by atoms with Crippen molar-refractivity contribution in [2.45, 2.75) is 45.0 Å². The molecule has 3 rings (SSSR count). The van der Waals surface area contributed by atoms with Crippen molar-refractivity contribution in [3.63, 3.8) is 0 Å². The maximum atomic E-state index is 12.5. The fourth-order valence-electron chi connectivity index (χ4n) is 3.09. The first-order valence-corrected chi connectivity index (χ1v) is 11.8. The summed E-state index contributed by atoms with van der Waals surface area (Å²) in [6.07, 6.45) is 0.457. The molecule has 33 heavy (non-hydrogen) atoms. The van der Waals surface area contributed by atoms with Crippen LogP contribution in [0.2, 0.25) is 0 Å². The highest BCUT2D eigenvalue weighted by atomic mass is 32.2. The molecule has 174 valence electrons. The zero-order valence-electron chi connectivity index (χ0n) is 19.0. The minimum atomic E-state index is -0.405. The fraction of sp³-hybridized carbons (Fsp3) is 0.333. The second-order valence-electron chi connectivity index (χ2n) is 7.21. The van der Waals surface area contributed by atoms with E-state index in [1.807, 2.05) is 55.7 Å². The highest BCUT2D eigenvalue weighted by molar-refractivity contribution is 7.99. The van der Waals surface area contributed by atoms with Crippen molar-refractivity contribution in [3.8, 4) is 5.75 Å². The van der Waals surface area contributed by atoms with Gasteiger partial charge in [0, 0.05) is 12.2 Å². The third-order valence-electron chi connectivity index (χ3n) is 4.63. The number of esters is 1. The van der Waals surface area contributed by atoms with Gasteiger partial charge >= 0.3 is 5.97 Å². The topological polar surface area (TPSA) is 95.3 Å². The number of benzene rings is 2. The van der Waals surface area contributed by atoms with Gasteiger partial charge in [0.15, 0.2) is 17.1 Å². The second kappa shape index (κ2) is 12.1. The van der Waals surface area contributed by atoms with Crippen molar-refractivity contribution in [1.29, 1.82) is 0 Å². The monoisotopic (exact) mass is 468 g/mol. The average molecular weight is 469 g/mol. The van der Waals surface area contributed by atoms with Crippen LogP contribution in [-0.2, 0) is 16.1 Å². The molecular weight excluding hydrogens is 440 g/mol. The highest BCUT2D eigenvalue weighted by Crippen LogP contribution is 2.24. The number of carbonyl (C=O) groups is 2. The molecule has 2 aromatic carbocycles. The van der Waals surface area contributed by atoms with Gasteiger partial charge in [-0.25, -0.2) is 4.79 Å². The molecule has 1 aromatic heterocycles. The molecule has 1 amide bonds. The van der Waals surface area contributed by atoms with Crippen LogP contribution in [-0.4, -0.2) is 39.0 Å². The van der Waals surface area contributed by atoms with Crippen LogP contribution in [0.25, 0.3) is 0 Å². The number of hydrogen-bond acceptors (Lipinski definition) is 7. The third-order valence-corrected chi connectivity index (χ3v) is 5.60. The maximum Gasteiger partial charge on any atom is 0.338 e. The molecule has 0 saturated heterocycles. The molecule has 0 bridgehead atoms. The number of amides is 1. The molecule has 0 fully saturated rings. The summed E-state index contributed by atoms with van der Waals surface area (Å²) in [7, 11) is 0. The first-order chi connectivity index (χ1) is 16.0. The summed E-state index contributed by atoms with van der Waals surface area (Å²) in [5.74, 6) is 0.988. The largest absolute Gasteiger partial charge is 0.483 e. The lowest BCUT2D eigenvalue weighted by atomic mass is 10.2. The smallest absolute Gasteiger partial charge is 0.338 e. The summed E-state index contributed by atoms with van der Waals surface area (Å²) in [6.45, 7) is 6.86. The summed E-state index contributed by atoms with van der Waals surface area (Å²) in [5, 5.41) is 12.0. The Hall–Kier alpha value is -3.33. The van der Waals surface area contributed by atoms with Crippen molar-refractivity contribution in [2.75, 3.05) is 17.7 Å². The van der Waals surface area contributed by atoms with E-state index < -0.39 is 5.97 Å². The van der Waals surface area contributed by atoms with Gasteiger partial charge in [0.25, 0.3) is 0 Å². The van der Waals surface area contributed by atoms with Gasteiger partial charge in [0.1, 0.15) is 5.75 Å². The van der Waals surface area contributed by atoms with Crippen molar-refractivity contribution < 1.29 is 19.1 Å². The van der Waals surface area contributed by atoms with Gasteiger partial charge in [-0.3, -0.25) is 4.79 Å². The lowest BCUT2D eigenvalue weighted by Crippen LogP contribution is -2.16. The number of nitrogens with one attached hydrogen (secondary N) is 1. The summed E-state index contributed by atoms with van der Waals surface area (Å²) >= 11 is 1.30. The molecule has 0 unspecified atom stereocenters. The molecule has 0 saturated carbocycles. The molecule has 1 heterocycles. The normalized spacial score (nSPS) is 11.6. The van der Waals surface area contributed by atoms with Crippen LogP contribution in [0.4, 0.5) is 5.69 Å². The Morgan fingerprint density at radius 2 is 1.88 bits per heavy atom. The zero-order chi connectivity index (χ0) is 23.6. The number of aromatic nitrogens is 3. The van der Waals surface area contributed by atoms with Crippen molar-refractivity contribution in [1.82, 2.24) is 14.8 Å². The van der Waals surface area contributed by atoms with Gasteiger partial charge in [0.2, 0.25) is 5.91 Å². The van der Waals surface area contributed by atoms with E-state index >= 15 is 0 Å². The lowest BCUT2D eigenvalue weighted by molar-refractivity contribution is -0.113. The van der Waals surface area contributed by atoms with Crippen LogP contribution in [0.1, 0.15) is 49.5 Å². The van der Waals surface area contributed by atoms with Crippen LogP contribution in [0.15, 0.2) is 59.8 Å². The Morgan fingerprint density at radius 3 is 2.61 bits per heavy atom. The standard InChI is InChI=1S/C24H28N4O4S/c1-4-14-31-23(30)18-10-9-11-19(15-18)25-21(29)16-33-24-27-26-22(28(24)5-2)17(3)32-20-12-7-6-8-13-20/h6-13,15,17H,4-5,14,16H2,1-3H3,(H,25,29)/t17-/m0/s1. The maximum absolute atomic E-state index is 12.5. The Labute approximate surface area is 197 Å². The van der Waals surface area contributed by atoms with Gasteiger partial charge in [-0.2, -0.15) is 0 Å². The summed E-state index contributed by atoms with van der Waals surface area (Å²) in [5.41, 5.74) is 0.936. The minimum Gasteiger partial charge on any atom is -0.483 e. The Balaban J connectivity index is 1.59. The van der Waals surface area contributed by atoms with Crippen LogP contribution in [0, 0.1) is 0 Å². The van der Waals surface area contributed by atoms with Crippen LogP contribution in [0.5, 0.6) is 5.75 Å². The molecule has 8 nitrogen and oxygen atoms in total. The minimum absolute atomic E-state index is 0.149. The van der Waals surface area contributed by atoms with E-state index in [4.69, 9.17) is 9.47 Å². The first-order valence-electron chi connectivity index (χ1n) is 10.9. The second-order valence-corrected chi connectivity index (χ2v) is 8.15. The van der Waals surface area contributed by atoms with Gasteiger partial charge in [-0.1, -0.05) is 43.0 Å². The Morgan fingerprint density at radius 1 is 1.09 bits per heavy atom. The van der Waals surface area contributed by atoms with E-state index in [1.165, 1.54) is 11.8 Å². The molecule has 0 aliphatic carbocycles. The van der Waals surface area contributed by atoms with Gasteiger partial charge in [-0.15, -0.1) is 10.2 Å². The number of anilines is 1. The average Bonchev–Trinajstić information content (AvgIpc) is 3.25. The third kappa shape index (κ3) is 6.82. The number of ether oxygens (including phenoxy) is 2. The molecule has 1 atom stereocenters. The van der Waals surface area contributed by atoms with E-state index in [-0.39, 0.29) is 17.8 Å². The van der Waals surface area contributed by atoms with E-state index in [0.29, 0.717) is 35.4 Å². The number of carbonyl (C=O) groups excluding carboxylic acids is 2. The van der Waals surface area contributed by atoms with Crippen molar-refractivity contribution >= 4 is 29.3 Å². The quantitative estimate of drug-likeness (QED) is 0.321. The molecule has 0 aliphatic rings. The number of nitrogens with zero attached hydrogens (tertiary/aromatic N) is 3. The lowest BCUT2D eigenvalue weighted by Gasteiger charge is -2.15. The molecule has 1 N–H and O–H groups in total.